The minimum Gasteiger partial charge on any atom is -0.381 e. The zero-order chi connectivity index (χ0) is 15.1. The van der Waals surface area contributed by atoms with Gasteiger partial charge in [-0.3, -0.25) is 4.79 Å². The van der Waals surface area contributed by atoms with Gasteiger partial charge in [-0.15, -0.1) is 0 Å². The molecule has 0 spiro atoms. The van der Waals surface area contributed by atoms with E-state index in [-0.39, 0.29) is 5.56 Å². The first-order valence-electron chi connectivity index (χ1n) is 6.79. The standard InChI is InChI=1S/C13H24BrN5O/c1-10(2)15-5-6-16-11-9-17-19(8-7-18(3)4)13(20)12(11)14/h9-10,15-16H,5-8H2,1-4H3. The molecule has 0 saturated carbocycles. The van der Waals surface area contributed by atoms with Gasteiger partial charge in [-0.25, -0.2) is 4.68 Å². The first-order valence-corrected chi connectivity index (χ1v) is 7.58. The summed E-state index contributed by atoms with van der Waals surface area (Å²) < 4.78 is 2.01. The minimum atomic E-state index is -0.103. The molecule has 0 aromatic carbocycles. The number of likely N-dealkylation sites (N-methyl/N-ethyl adjacent to an activating group) is 1. The van der Waals surface area contributed by atoms with Gasteiger partial charge in [0.25, 0.3) is 5.56 Å². The largest absolute Gasteiger partial charge is 0.381 e. The van der Waals surface area contributed by atoms with Crippen molar-refractivity contribution in [1.29, 1.82) is 0 Å². The number of nitrogens with zero attached hydrogens (tertiary/aromatic N) is 3. The van der Waals surface area contributed by atoms with E-state index in [1.807, 2.05) is 19.0 Å². The number of anilines is 1. The van der Waals surface area contributed by atoms with Crippen LogP contribution in [-0.2, 0) is 6.54 Å². The third-order valence-electron chi connectivity index (χ3n) is 2.74. The molecule has 7 heteroatoms. The first kappa shape index (κ1) is 17.1. The van der Waals surface area contributed by atoms with Gasteiger partial charge in [0, 0.05) is 25.7 Å². The second-order valence-corrected chi connectivity index (χ2v) is 6.03. The van der Waals surface area contributed by atoms with Gasteiger partial charge in [-0.05, 0) is 30.0 Å². The Hall–Kier alpha value is -0.920. The summed E-state index contributed by atoms with van der Waals surface area (Å²) in [7, 11) is 3.94. The van der Waals surface area contributed by atoms with Crippen LogP contribution < -0.4 is 16.2 Å². The summed E-state index contributed by atoms with van der Waals surface area (Å²) in [4.78, 5) is 14.1. The van der Waals surface area contributed by atoms with E-state index in [9.17, 15) is 4.79 Å². The van der Waals surface area contributed by atoms with Crippen molar-refractivity contribution in [3.05, 3.63) is 21.0 Å². The lowest BCUT2D eigenvalue weighted by atomic mass is 10.4. The first-order chi connectivity index (χ1) is 9.41. The fourth-order valence-electron chi connectivity index (χ4n) is 1.60. The van der Waals surface area contributed by atoms with Crippen LogP contribution in [0.25, 0.3) is 0 Å². The molecule has 0 unspecified atom stereocenters. The van der Waals surface area contributed by atoms with Crippen molar-refractivity contribution in [1.82, 2.24) is 20.0 Å². The van der Waals surface area contributed by atoms with Gasteiger partial charge < -0.3 is 15.5 Å². The highest BCUT2D eigenvalue weighted by Crippen LogP contribution is 2.15. The molecule has 0 atom stereocenters. The minimum absolute atomic E-state index is 0.103. The van der Waals surface area contributed by atoms with Crippen LogP contribution in [0.3, 0.4) is 0 Å². The molecule has 114 valence electrons. The lowest BCUT2D eigenvalue weighted by Crippen LogP contribution is -2.31. The fourth-order valence-corrected chi connectivity index (χ4v) is 2.05. The van der Waals surface area contributed by atoms with Crippen LogP contribution in [0.4, 0.5) is 5.69 Å². The van der Waals surface area contributed by atoms with Crippen LogP contribution in [0, 0.1) is 0 Å². The van der Waals surface area contributed by atoms with Crippen LogP contribution in [0.5, 0.6) is 0 Å². The second-order valence-electron chi connectivity index (χ2n) is 5.24. The highest BCUT2D eigenvalue weighted by atomic mass is 79.9. The maximum absolute atomic E-state index is 12.1. The highest BCUT2D eigenvalue weighted by Gasteiger charge is 2.08. The van der Waals surface area contributed by atoms with Crippen molar-refractivity contribution in [2.75, 3.05) is 39.0 Å². The predicted molar refractivity (Wildman–Crippen MR) is 86.4 cm³/mol. The molecule has 20 heavy (non-hydrogen) atoms. The Morgan fingerprint density at radius 1 is 1.40 bits per heavy atom. The van der Waals surface area contributed by atoms with Crippen LogP contribution in [0.2, 0.25) is 0 Å². The van der Waals surface area contributed by atoms with E-state index < -0.39 is 0 Å². The number of hydrogen-bond acceptors (Lipinski definition) is 5. The molecule has 2 N–H and O–H groups in total. The maximum atomic E-state index is 12.1. The van der Waals surface area contributed by atoms with Gasteiger partial charge in [-0.2, -0.15) is 5.10 Å². The van der Waals surface area contributed by atoms with Crippen LogP contribution in [-0.4, -0.2) is 54.5 Å². The Morgan fingerprint density at radius 3 is 2.70 bits per heavy atom. The second kappa shape index (κ2) is 8.39. The molecule has 1 rings (SSSR count). The Kier molecular flexibility index (Phi) is 7.18. The molecule has 0 saturated heterocycles. The van der Waals surface area contributed by atoms with E-state index in [1.54, 1.807) is 6.20 Å². The van der Waals surface area contributed by atoms with E-state index in [1.165, 1.54) is 4.68 Å². The van der Waals surface area contributed by atoms with Crippen LogP contribution in [0.1, 0.15) is 13.8 Å². The van der Waals surface area contributed by atoms with E-state index in [4.69, 9.17) is 0 Å². The molecular formula is C13H24BrN5O. The van der Waals surface area contributed by atoms with Gasteiger partial charge in [0.05, 0.1) is 18.4 Å². The van der Waals surface area contributed by atoms with Crippen molar-refractivity contribution in [2.45, 2.75) is 26.4 Å². The smallest absolute Gasteiger partial charge is 0.283 e. The molecule has 0 aliphatic carbocycles. The lowest BCUT2D eigenvalue weighted by Gasteiger charge is -2.13. The van der Waals surface area contributed by atoms with Crippen molar-refractivity contribution in [2.24, 2.45) is 0 Å². The molecule has 0 aliphatic heterocycles. The van der Waals surface area contributed by atoms with Gasteiger partial charge in [0.1, 0.15) is 4.47 Å². The summed E-state index contributed by atoms with van der Waals surface area (Å²) in [5.74, 6) is 0. The predicted octanol–water partition coefficient (Wildman–Crippen LogP) is 0.977. The summed E-state index contributed by atoms with van der Waals surface area (Å²) in [6.07, 6.45) is 1.69. The quantitative estimate of drug-likeness (QED) is 0.687. The average molecular weight is 346 g/mol. The number of rotatable bonds is 8. The molecule has 1 aromatic heterocycles. The Bertz CT molecular complexity index is 472. The van der Waals surface area contributed by atoms with Crippen LogP contribution >= 0.6 is 15.9 Å². The number of halogens is 1. The lowest BCUT2D eigenvalue weighted by molar-refractivity contribution is 0.367. The van der Waals surface area contributed by atoms with Gasteiger partial charge in [0.15, 0.2) is 0 Å². The van der Waals surface area contributed by atoms with Gasteiger partial charge >= 0.3 is 0 Å². The third-order valence-corrected chi connectivity index (χ3v) is 3.50. The van der Waals surface area contributed by atoms with Crippen molar-refractivity contribution >= 4 is 21.6 Å². The molecule has 0 bridgehead atoms. The highest BCUT2D eigenvalue weighted by molar-refractivity contribution is 9.10. The molecule has 0 aliphatic rings. The van der Waals surface area contributed by atoms with Crippen molar-refractivity contribution in [3.63, 3.8) is 0 Å². The molecular weight excluding hydrogens is 322 g/mol. The van der Waals surface area contributed by atoms with E-state index >= 15 is 0 Å². The fraction of sp³-hybridized carbons (Fsp3) is 0.692. The Morgan fingerprint density at radius 2 is 2.10 bits per heavy atom. The van der Waals surface area contributed by atoms with Crippen molar-refractivity contribution in [3.8, 4) is 0 Å². The summed E-state index contributed by atoms with van der Waals surface area (Å²) in [5, 5.41) is 10.7. The third kappa shape index (κ3) is 5.60. The van der Waals surface area contributed by atoms with E-state index in [0.717, 1.165) is 25.3 Å². The molecule has 6 nitrogen and oxygen atoms in total. The van der Waals surface area contributed by atoms with Crippen LogP contribution in [0.15, 0.2) is 15.5 Å². The van der Waals surface area contributed by atoms with E-state index in [2.05, 4.69) is 45.5 Å². The normalized spacial score (nSPS) is 11.3. The Labute approximate surface area is 128 Å². The number of nitrogens with one attached hydrogen (secondary N) is 2. The number of aromatic nitrogens is 2. The van der Waals surface area contributed by atoms with E-state index in [0.29, 0.717) is 17.1 Å². The molecule has 1 aromatic rings. The summed E-state index contributed by atoms with van der Waals surface area (Å²) >= 11 is 3.35. The zero-order valence-electron chi connectivity index (χ0n) is 12.6. The van der Waals surface area contributed by atoms with Crippen molar-refractivity contribution < 1.29 is 0 Å². The molecule has 0 radical (unpaired) electrons. The monoisotopic (exact) mass is 345 g/mol. The molecule has 0 amide bonds. The van der Waals surface area contributed by atoms with Gasteiger partial charge in [-0.1, -0.05) is 13.8 Å². The SMILES string of the molecule is CC(C)NCCNc1cnn(CCN(C)C)c(=O)c1Br. The summed E-state index contributed by atoms with van der Waals surface area (Å²) in [6, 6.07) is 0.456. The summed E-state index contributed by atoms with van der Waals surface area (Å²) in [6.45, 7) is 7.16. The Balaban J connectivity index is 2.62. The molecule has 1 heterocycles. The number of hydrogen-bond donors (Lipinski definition) is 2. The topological polar surface area (TPSA) is 62.2 Å². The average Bonchev–Trinajstić information content (AvgIpc) is 2.37. The molecule has 0 fully saturated rings. The maximum Gasteiger partial charge on any atom is 0.283 e. The van der Waals surface area contributed by atoms with Gasteiger partial charge in [0.2, 0.25) is 0 Å². The zero-order valence-corrected chi connectivity index (χ0v) is 14.2. The summed E-state index contributed by atoms with van der Waals surface area (Å²) in [5.41, 5.74) is 0.635.